The maximum atomic E-state index is 13.2. The molecule has 3 aromatic rings. The third-order valence-corrected chi connectivity index (χ3v) is 9.46. The van der Waals surface area contributed by atoms with Crippen molar-refractivity contribution in [3.05, 3.63) is 75.7 Å². The van der Waals surface area contributed by atoms with Crippen LogP contribution in [0, 0.1) is 0 Å². The number of sulfonamides is 1. The fourth-order valence-corrected chi connectivity index (χ4v) is 7.49. The molecule has 0 unspecified atom stereocenters. The Morgan fingerprint density at radius 3 is 2.54 bits per heavy atom. The van der Waals surface area contributed by atoms with Crippen LogP contribution in [0.4, 0.5) is 10.7 Å². The average molecular weight is 511 g/mol. The number of para-hydroxylation sites is 1. The molecule has 0 fully saturated rings. The smallest absolute Gasteiger partial charge is 0.341 e. The number of rotatable bonds is 6. The van der Waals surface area contributed by atoms with Gasteiger partial charge in [0.2, 0.25) is 0 Å². The molecule has 1 aliphatic heterocycles. The zero-order valence-corrected chi connectivity index (χ0v) is 21.0. The van der Waals surface area contributed by atoms with Crippen molar-refractivity contribution in [1.82, 2.24) is 0 Å². The number of nitrogens with zero attached hydrogens (tertiary/aromatic N) is 1. The molecule has 0 bridgehead atoms. The van der Waals surface area contributed by atoms with Gasteiger partial charge in [0.1, 0.15) is 5.00 Å². The minimum absolute atomic E-state index is 0.129. The molecule has 9 heteroatoms. The van der Waals surface area contributed by atoms with Crippen LogP contribution in [0.15, 0.2) is 53.4 Å². The summed E-state index contributed by atoms with van der Waals surface area (Å²) in [6.07, 6.45) is 4.40. The van der Waals surface area contributed by atoms with E-state index in [-0.39, 0.29) is 11.5 Å². The van der Waals surface area contributed by atoms with E-state index in [0.717, 1.165) is 41.7 Å². The van der Waals surface area contributed by atoms with E-state index in [4.69, 9.17) is 4.74 Å². The fourth-order valence-electron chi connectivity index (χ4n) is 4.71. The summed E-state index contributed by atoms with van der Waals surface area (Å²) in [6.45, 7) is 2.41. The number of anilines is 2. The molecule has 7 nitrogen and oxygen atoms in total. The molecular formula is C26H26N2O5S2. The van der Waals surface area contributed by atoms with Gasteiger partial charge in [0.05, 0.1) is 22.8 Å². The van der Waals surface area contributed by atoms with Crippen molar-refractivity contribution < 1.29 is 22.7 Å². The van der Waals surface area contributed by atoms with E-state index in [1.807, 2.05) is 24.3 Å². The molecule has 1 aliphatic carbocycles. The van der Waals surface area contributed by atoms with Gasteiger partial charge in [-0.2, -0.15) is 0 Å². The van der Waals surface area contributed by atoms with Gasteiger partial charge in [0, 0.05) is 17.0 Å². The second kappa shape index (κ2) is 9.47. The molecule has 2 aromatic carbocycles. The zero-order chi connectivity index (χ0) is 24.6. The Labute approximate surface area is 208 Å². The maximum Gasteiger partial charge on any atom is 0.341 e. The molecule has 2 heterocycles. The van der Waals surface area contributed by atoms with Crippen molar-refractivity contribution in [2.45, 2.75) is 43.9 Å². The van der Waals surface area contributed by atoms with E-state index in [2.05, 4.69) is 5.32 Å². The Hall–Kier alpha value is -3.17. The van der Waals surface area contributed by atoms with Gasteiger partial charge in [-0.25, -0.2) is 13.2 Å². The lowest BCUT2D eigenvalue weighted by Crippen LogP contribution is -2.29. The van der Waals surface area contributed by atoms with Gasteiger partial charge in [0.25, 0.3) is 15.9 Å². The van der Waals surface area contributed by atoms with Gasteiger partial charge in [-0.15, -0.1) is 11.3 Å². The Morgan fingerprint density at radius 2 is 1.77 bits per heavy atom. The van der Waals surface area contributed by atoms with E-state index < -0.39 is 21.9 Å². The number of hydrogen-bond donors (Lipinski definition) is 1. The van der Waals surface area contributed by atoms with Crippen LogP contribution in [0.5, 0.6) is 0 Å². The van der Waals surface area contributed by atoms with E-state index in [9.17, 15) is 18.0 Å². The van der Waals surface area contributed by atoms with Crippen LogP contribution in [-0.2, 0) is 34.0 Å². The first-order valence-corrected chi connectivity index (χ1v) is 14.0. The second-order valence-corrected chi connectivity index (χ2v) is 11.5. The third kappa shape index (κ3) is 4.34. The molecular weight excluding hydrogens is 484 g/mol. The second-order valence-electron chi connectivity index (χ2n) is 8.57. The van der Waals surface area contributed by atoms with Crippen LogP contribution in [0.1, 0.15) is 56.5 Å². The predicted molar refractivity (Wildman–Crippen MR) is 136 cm³/mol. The lowest BCUT2D eigenvalue weighted by atomic mass is 9.95. The van der Waals surface area contributed by atoms with E-state index in [1.165, 1.54) is 39.9 Å². The van der Waals surface area contributed by atoms with E-state index in [1.54, 1.807) is 6.92 Å². The van der Waals surface area contributed by atoms with Crippen LogP contribution in [0.3, 0.4) is 0 Å². The van der Waals surface area contributed by atoms with Gasteiger partial charge < -0.3 is 10.1 Å². The summed E-state index contributed by atoms with van der Waals surface area (Å²) in [5, 5.41) is 3.36. The maximum absolute atomic E-state index is 13.2. The first kappa shape index (κ1) is 23.6. The fraction of sp³-hybridized carbons (Fsp3) is 0.308. The van der Waals surface area contributed by atoms with Gasteiger partial charge in [-0.1, -0.05) is 18.2 Å². The molecule has 2 aliphatic rings. The van der Waals surface area contributed by atoms with Gasteiger partial charge in [-0.05, 0) is 80.5 Å². The zero-order valence-electron chi connectivity index (χ0n) is 19.4. The number of hydrogen-bond acceptors (Lipinski definition) is 6. The molecule has 0 atom stereocenters. The number of benzene rings is 2. The van der Waals surface area contributed by atoms with Crippen molar-refractivity contribution in [2.24, 2.45) is 0 Å². The molecule has 0 radical (unpaired) electrons. The topological polar surface area (TPSA) is 92.8 Å². The van der Waals surface area contributed by atoms with Gasteiger partial charge >= 0.3 is 5.97 Å². The number of aryl methyl sites for hydroxylation is 1. The first-order chi connectivity index (χ1) is 16.9. The van der Waals surface area contributed by atoms with Gasteiger partial charge in [-0.3, -0.25) is 9.10 Å². The quantitative estimate of drug-likeness (QED) is 0.481. The Balaban J connectivity index is 1.38. The normalized spacial score (nSPS) is 14.8. The highest BCUT2D eigenvalue weighted by Gasteiger charge is 2.31. The largest absolute Gasteiger partial charge is 0.462 e. The highest BCUT2D eigenvalue weighted by atomic mass is 32.2. The monoisotopic (exact) mass is 510 g/mol. The summed E-state index contributed by atoms with van der Waals surface area (Å²) in [6, 6.07) is 13.4. The SMILES string of the molecule is CCOC(=O)c1c(NC(=O)c2ccc(S(=O)(=O)N3CCc4ccccc43)cc2)sc2c1CCCC2. The van der Waals surface area contributed by atoms with Crippen molar-refractivity contribution >= 4 is 43.9 Å². The molecule has 0 saturated carbocycles. The van der Waals surface area contributed by atoms with Crippen LogP contribution < -0.4 is 9.62 Å². The number of fused-ring (bicyclic) bond motifs is 2. The van der Waals surface area contributed by atoms with Crippen molar-refractivity contribution in [1.29, 1.82) is 0 Å². The molecule has 0 spiro atoms. The number of thiophene rings is 1. The summed E-state index contributed by atoms with van der Waals surface area (Å²) in [4.78, 5) is 26.9. The molecule has 5 rings (SSSR count). The summed E-state index contributed by atoms with van der Waals surface area (Å²) in [5.41, 5.74) is 3.44. The molecule has 182 valence electrons. The summed E-state index contributed by atoms with van der Waals surface area (Å²) in [5.74, 6) is -0.820. The molecule has 35 heavy (non-hydrogen) atoms. The van der Waals surface area contributed by atoms with Crippen molar-refractivity contribution in [3.8, 4) is 0 Å². The Kier molecular flexibility index (Phi) is 6.37. The van der Waals surface area contributed by atoms with Crippen molar-refractivity contribution in [2.75, 3.05) is 22.8 Å². The summed E-state index contributed by atoms with van der Waals surface area (Å²) < 4.78 is 33.1. The van der Waals surface area contributed by atoms with Gasteiger partial charge in [0.15, 0.2) is 0 Å². The average Bonchev–Trinajstić information content (AvgIpc) is 3.46. The van der Waals surface area contributed by atoms with Crippen LogP contribution in [0.2, 0.25) is 0 Å². The number of esters is 1. The summed E-state index contributed by atoms with van der Waals surface area (Å²) >= 11 is 1.42. The number of carbonyl (C=O) groups is 2. The minimum atomic E-state index is -3.74. The minimum Gasteiger partial charge on any atom is -0.462 e. The third-order valence-electron chi connectivity index (χ3n) is 6.43. The highest BCUT2D eigenvalue weighted by Crippen LogP contribution is 2.39. The number of carbonyl (C=O) groups excluding carboxylic acids is 2. The predicted octanol–water partition coefficient (Wildman–Crippen LogP) is 4.81. The van der Waals surface area contributed by atoms with Crippen molar-refractivity contribution in [3.63, 3.8) is 0 Å². The van der Waals surface area contributed by atoms with E-state index in [0.29, 0.717) is 34.8 Å². The van der Waals surface area contributed by atoms with E-state index >= 15 is 0 Å². The number of ether oxygens (including phenoxy) is 1. The van der Waals surface area contributed by atoms with Crippen LogP contribution in [0.25, 0.3) is 0 Å². The first-order valence-electron chi connectivity index (χ1n) is 11.7. The Morgan fingerprint density at radius 1 is 1.03 bits per heavy atom. The highest BCUT2D eigenvalue weighted by molar-refractivity contribution is 7.92. The molecule has 1 N–H and O–H groups in total. The summed E-state index contributed by atoms with van der Waals surface area (Å²) in [7, 11) is -3.74. The molecule has 1 amide bonds. The number of amides is 1. The lowest BCUT2D eigenvalue weighted by molar-refractivity contribution is 0.0526. The van der Waals surface area contributed by atoms with Crippen LogP contribution >= 0.6 is 11.3 Å². The molecule has 1 aromatic heterocycles. The molecule has 0 saturated heterocycles. The van der Waals surface area contributed by atoms with Crippen LogP contribution in [-0.4, -0.2) is 33.4 Å². The number of nitrogens with one attached hydrogen (secondary N) is 1. The Bertz CT molecular complexity index is 1390. The standard InChI is InChI=1S/C26H26N2O5S2/c1-2-33-26(30)23-20-8-4-6-10-22(20)34-25(23)27-24(29)18-11-13-19(14-12-18)35(31,32)28-16-15-17-7-3-5-9-21(17)28/h3,5,7,9,11-14H,2,4,6,8,10,15-16H2,1H3,(H,27,29). The lowest BCUT2D eigenvalue weighted by Gasteiger charge is -2.19.